The van der Waals surface area contributed by atoms with Gasteiger partial charge in [-0.05, 0) is 42.0 Å². The molecule has 1 amide bonds. The molecule has 0 spiro atoms. The van der Waals surface area contributed by atoms with Crippen LogP contribution in [0.2, 0.25) is 0 Å². The molecular formula is C20H14BrF3N2O2. The topological polar surface area (TPSA) is 54.6 Å². The number of carbonyl (C=O) groups excluding carboxylic acids is 1. The molecule has 0 aliphatic carbocycles. The maximum atomic E-state index is 12.8. The maximum absolute atomic E-state index is 12.8. The van der Waals surface area contributed by atoms with Crippen molar-refractivity contribution in [1.29, 1.82) is 0 Å². The zero-order chi connectivity index (χ0) is 20.1. The van der Waals surface area contributed by atoms with Crippen LogP contribution in [0.25, 0.3) is 11.3 Å². The molecule has 2 aromatic carbocycles. The van der Waals surface area contributed by atoms with Crippen LogP contribution in [0.3, 0.4) is 0 Å². The summed E-state index contributed by atoms with van der Waals surface area (Å²) in [5.41, 5.74) is 2.76. The number of hydrogen-bond donors (Lipinski definition) is 1. The zero-order valence-electron chi connectivity index (χ0n) is 14.3. The van der Waals surface area contributed by atoms with Gasteiger partial charge in [0, 0.05) is 10.0 Å². The van der Waals surface area contributed by atoms with Crippen molar-refractivity contribution in [1.82, 2.24) is 5.43 Å². The van der Waals surface area contributed by atoms with Gasteiger partial charge in [-0.1, -0.05) is 40.2 Å². The highest BCUT2D eigenvalue weighted by Crippen LogP contribution is 2.32. The molecule has 0 aliphatic rings. The van der Waals surface area contributed by atoms with E-state index in [9.17, 15) is 18.0 Å². The lowest BCUT2D eigenvalue weighted by Gasteiger charge is -2.07. The van der Waals surface area contributed by atoms with E-state index < -0.39 is 11.7 Å². The summed E-state index contributed by atoms with van der Waals surface area (Å²) in [5, 5.41) is 3.81. The third-order valence-corrected chi connectivity index (χ3v) is 4.29. The molecule has 0 unspecified atom stereocenters. The second kappa shape index (κ2) is 8.43. The number of benzene rings is 2. The number of amides is 1. The second-order valence-electron chi connectivity index (χ2n) is 5.88. The van der Waals surface area contributed by atoms with Gasteiger partial charge in [-0.3, -0.25) is 4.79 Å². The van der Waals surface area contributed by atoms with Crippen LogP contribution in [0, 0.1) is 0 Å². The Morgan fingerprint density at radius 2 is 1.86 bits per heavy atom. The fourth-order valence-electron chi connectivity index (χ4n) is 2.42. The summed E-state index contributed by atoms with van der Waals surface area (Å²) in [5.74, 6) is 0.272. The number of furan rings is 1. The van der Waals surface area contributed by atoms with Gasteiger partial charge in [-0.25, -0.2) is 5.43 Å². The van der Waals surface area contributed by atoms with E-state index in [1.807, 2.05) is 24.3 Å². The molecule has 0 radical (unpaired) electrons. The first kappa shape index (κ1) is 19.9. The Labute approximate surface area is 167 Å². The molecule has 3 rings (SSSR count). The molecule has 0 atom stereocenters. The molecule has 28 heavy (non-hydrogen) atoms. The van der Waals surface area contributed by atoms with Crippen LogP contribution in [-0.4, -0.2) is 12.1 Å². The summed E-state index contributed by atoms with van der Waals surface area (Å²) in [6.07, 6.45) is -2.97. The molecule has 4 nitrogen and oxygen atoms in total. The van der Waals surface area contributed by atoms with Gasteiger partial charge in [0.1, 0.15) is 11.5 Å². The van der Waals surface area contributed by atoms with E-state index in [0.29, 0.717) is 11.3 Å². The van der Waals surface area contributed by atoms with Gasteiger partial charge in [0.2, 0.25) is 5.91 Å². The van der Waals surface area contributed by atoms with Crippen molar-refractivity contribution >= 4 is 28.1 Å². The molecule has 1 heterocycles. The Bertz CT molecular complexity index is 995. The predicted octanol–water partition coefficient (Wildman–Crippen LogP) is 5.42. The predicted molar refractivity (Wildman–Crippen MR) is 103 cm³/mol. The summed E-state index contributed by atoms with van der Waals surface area (Å²) < 4.78 is 44.8. The van der Waals surface area contributed by atoms with Crippen molar-refractivity contribution < 1.29 is 22.4 Å². The molecule has 0 saturated carbocycles. The van der Waals surface area contributed by atoms with E-state index in [4.69, 9.17) is 4.42 Å². The Hall–Kier alpha value is -2.87. The number of hydrazone groups is 1. The first-order chi connectivity index (χ1) is 13.3. The minimum atomic E-state index is -4.42. The number of alkyl halides is 3. The summed E-state index contributed by atoms with van der Waals surface area (Å²) in [6, 6.07) is 15.3. The SMILES string of the molecule is O=C(Cc1ccc(Br)cc1)N/N=C/c1ccc(-c2cccc(C(F)(F)F)c2)o1. The van der Waals surface area contributed by atoms with Gasteiger partial charge in [-0.15, -0.1) is 0 Å². The lowest BCUT2D eigenvalue weighted by Crippen LogP contribution is -2.19. The maximum Gasteiger partial charge on any atom is 0.416 e. The number of nitrogens with zero attached hydrogens (tertiary/aromatic N) is 1. The van der Waals surface area contributed by atoms with Crippen LogP contribution in [-0.2, 0) is 17.4 Å². The van der Waals surface area contributed by atoms with Crippen molar-refractivity contribution in [2.45, 2.75) is 12.6 Å². The van der Waals surface area contributed by atoms with Gasteiger partial charge in [0.15, 0.2) is 0 Å². The molecular weight excluding hydrogens is 437 g/mol. The van der Waals surface area contributed by atoms with E-state index in [0.717, 1.165) is 22.2 Å². The average molecular weight is 451 g/mol. The molecule has 0 aliphatic heterocycles. The Morgan fingerprint density at radius 1 is 1.11 bits per heavy atom. The van der Waals surface area contributed by atoms with Crippen molar-refractivity contribution in [3.05, 3.63) is 82.0 Å². The molecule has 0 saturated heterocycles. The van der Waals surface area contributed by atoms with Crippen LogP contribution in [0.1, 0.15) is 16.9 Å². The number of nitrogens with one attached hydrogen (secondary N) is 1. The Kier molecular flexibility index (Phi) is 5.99. The summed E-state index contributed by atoms with van der Waals surface area (Å²) in [4.78, 5) is 11.9. The van der Waals surface area contributed by atoms with E-state index >= 15 is 0 Å². The van der Waals surface area contributed by atoms with Crippen LogP contribution in [0.4, 0.5) is 13.2 Å². The van der Waals surface area contributed by atoms with Gasteiger partial charge in [0.25, 0.3) is 0 Å². The molecule has 8 heteroatoms. The third kappa shape index (κ3) is 5.32. The summed E-state index contributed by atoms with van der Waals surface area (Å²) in [6.45, 7) is 0. The summed E-state index contributed by atoms with van der Waals surface area (Å²) in [7, 11) is 0. The fourth-order valence-corrected chi connectivity index (χ4v) is 2.69. The Balaban J connectivity index is 1.61. The minimum Gasteiger partial charge on any atom is -0.455 e. The van der Waals surface area contributed by atoms with Gasteiger partial charge < -0.3 is 4.42 Å². The quantitative estimate of drug-likeness (QED) is 0.416. The molecule has 0 fully saturated rings. The number of rotatable bonds is 5. The second-order valence-corrected chi connectivity index (χ2v) is 6.79. The Morgan fingerprint density at radius 3 is 2.57 bits per heavy atom. The van der Waals surface area contributed by atoms with Crippen LogP contribution in [0.15, 0.2) is 74.7 Å². The average Bonchev–Trinajstić information content (AvgIpc) is 3.12. The molecule has 1 N–H and O–H groups in total. The molecule has 3 aromatic rings. The fraction of sp³-hybridized carbons (Fsp3) is 0.100. The van der Waals surface area contributed by atoms with E-state index in [1.165, 1.54) is 18.3 Å². The highest BCUT2D eigenvalue weighted by atomic mass is 79.9. The molecule has 1 aromatic heterocycles. The minimum absolute atomic E-state index is 0.165. The first-order valence-corrected chi connectivity index (χ1v) is 8.94. The van der Waals surface area contributed by atoms with Crippen molar-refractivity contribution in [2.24, 2.45) is 5.10 Å². The first-order valence-electron chi connectivity index (χ1n) is 8.15. The smallest absolute Gasteiger partial charge is 0.416 e. The van der Waals surface area contributed by atoms with Crippen molar-refractivity contribution in [3.8, 4) is 11.3 Å². The van der Waals surface area contributed by atoms with Crippen molar-refractivity contribution in [3.63, 3.8) is 0 Å². The number of halogens is 4. The third-order valence-electron chi connectivity index (χ3n) is 3.76. The van der Waals surface area contributed by atoms with E-state index in [1.54, 1.807) is 12.1 Å². The molecule has 0 bridgehead atoms. The number of hydrogen-bond acceptors (Lipinski definition) is 3. The normalized spacial score (nSPS) is 11.7. The van der Waals surface area contributed by atoms with Gasteiger partial charge in [0.05, 0.1) is 18.2 Å². The lowest BCUT2D eigenvalue weighted by molar-refractivity contribution is -0.137. The lowest BCUT2D eigenvalue weighted by atomic mass is 10.1. The highest BCUT2D eigenvalue weighted by Gasteiger charge is 2.30. The van der Waals surface area contributed by atoms with E-state index in [2.05, 4.69) is 26.5 Å². The highest BCUT2D eigenvalue weighted by molar-refractivity contribution is 9.10. The monoisotopic (exact) mass is 450 g/mol. The van der Waals surface area contributed by atoms with Crippen LogP contribution < -0.4 is 5.43 Å². The number of carbonyl (C=O) groups is 1. The summed E-state index contributed by atoms with van der Waals surface area (Å²) >= 11 is 3.32. The standard InChI is InChI=1S/C20H14BrF3N2O2/c21-16-6-4-13(5-7-16)10-19(27)26-25-12-17-8-9-18(28-17)14-2-1-3-15(11-14)20(22,23)24/h1-9,11-12H,10H2,(H,26,27)/b25-12+. The van der Waals surface area contributed by atoms with Crippen molar-refractivity contribution in [2.75, 3.05) is 0 Å². The largest absolute Gasteiger partial charge is 0.455 e. The molecule has 144 valence electrons. The van der Waals surface area contributed by atoms with Gasteiger partial charge in [-0.2, -0.15) is 18.3 Å². The van der Waals surface area contributed by atoms with E-state index in [-0.39, 0.29) is 18.1 Å². The van der Waals surface area contributed by atoms with Crippen LogP contribution in [0.5, 0.6) is 0 Å². The zero-order valence-corrected chi connectivity index (χ0v) is 15.9. The van der Waals surface area contributed by atoms with Crippen LogP contribution >= 0.6 is 15.9 Å². The van der Waals surface area contributed by atoms with Gasteiger partial charge >= 0.3 is 6.18 Å².